The zero-order chi connectivity index (χ0) is 22.6. The van der Waals surface area contributed by atoms with Gasteiger partial charge in [-0.25, -0.2) is 19.2 Å². The van der Waals surface area contributed by atoms with Crippen molar-refractivity contribution in [2.45, 2.75) is 52.2 Å². The number of anilines is 1. The number of carbonyl (C=O) groups is 2. The maximum Gasteiger partial charge on any atom is 0.410 e. The first-order valence-electron chi connectivity index (χ1n) is 10.1. The highest BCUT2D eigenvalue weighted by Crippen LogP contribution is 2.20. The summed E-state index contributed by atoms with van der Waals surface area (Å²) in [6, 6.07) is 4.54. The predicted molar refractivity (Wildman–Crippen MR) is 113 cm³/mol. The molecule has 2 heterocycles. The number of ether oxygens (including phenoxy) is 2. The van der Waals surface area contributed by atoms with Crippen LogP contribution in [0.4, 0.5) is 14.9 Å². The van der Waals surface area contributed by atoms with Crippen molar-refractivity contribution in [3.05, 3.63) is 47.7 Å². The van der Waals surface area contributed by atoms with Crippen molar-refractivity contribution < 1.29 is 23.5 Å². The molecule has 166 valence electrons. The summed E-state index contributed by atoms with van der Waals surface area (Å²) in [6.07, 6.45) is 3.47. The quantitative estimate of drug-likeness (QED) is 0.789. The minimum absolute atomic E-state index is 0.0482. The molecule has 2 aromatic rings. The Labute approximate surface area is 180 Å². The highest BCUT2D eigenvalue weighted by molar-refractivity contribution is 6.02. The van der Waals surface area contributed by atoms with Gasteiger partial charge in [0, 0.05) is 25.9 Å². The molecule has 0 aliphatic carbocycles. The fraction of sp³-hybridized carbons (Fsp3) is 0.455. The molecule has 0 saturated carbocycles. The van der Waals surface area contributed by atoms with Crippen molar-refractivity contribution >= 4 is 17.7 Å². The van der Waals surface area contributed by atoms with Crippen LogP contribution < -0.4 is 10.1 Å². The number of aryl methyl sites for hydroxylation is 1. The van der Waals surface area contributed by atoms with Gasteiger partial charge in [0.2, 0.25) is 5.88 Å². The third-order valence-electron chi connectivity index (χ3n) is 4.61. The number of nitrogens with one attached hydrogen (secondary N) is 1. The number of nitrogens with zero attached hydrogens (tertiary/aromatic N) is 3. The predicted octanol–water partition coefficient (Wildman–Crippen LogP) is 3.95. The molecular weight excluding hydrogens is 403 g/mol. The lowest BCUT2D eigenvalue weighted by molar-refractivity contribution is 0.0122. The Kier molecular flexibility index (Phi) is 6.72. The van der Waals surface area contributed by atoms with Crippen LogP contribution in [-0.4, -0.2) is 51.7 Å². The van der Waals surface area contributed by atoms with E-state index in [0.717, 1.165) is 5.56 Å². The Morgan fingerprint density at radius 1 is 1.16 bits per heavy atom. The lowest BCUT2D eigenvalue weighted by Crippen LogP contribution is -2.44. The molecule has 31 heavy (non-hydrogen) atoms. The molecule has 0 radical (unpaired) electrons. The smallest absolute Gasteiger partial charge is 0.410 e. The van der Waals surface area contributed by atoms with Crippen LogP contribution in [0.1, 0.15) is 49.7 Å². The van der Waals surface area contributed by atoms with Crippen LogP contribution in [0.2, 0.25) is 0 Å². The van der Waals surface area contributed by atoms with Gasteiger partial charge in [-0.1, -0.05) is 6.07 Å². The van der Waals surface area contributed by atoms with Crippen molar-refractivity contribution in [3.8, 4) is 5.88 Å². The molecule has 1 aliphatic heterocycles. The van der Waals surface area contributed by atoms with Gasteiger partial charge >= 0.3 is 6.09 Å². The molecule has 1 fully saturated rings. The van der Waals surface area contributed by atoms with E-state index in [1.807, 2.05) is 20.8 Å². The number of carbonyl (C=O) groups excluding carboxylic acids is 2. The number of halogens is 1. The van der Waals surface area contributed by atoms with E-state index in [1.54, 1.807) is 17.9 Å². The molecule has 0 atom stereocenters. The van der Waals surface area contributed by atoms with Crippen LogP contribution in [0.5, 0.6) is 5.88 Å². The van der Waals surface area contributed by atoms with E-state index in [-0.39, 0.29) is 29.5 Å². The monoisotopic (exact) mass is 430 g/mol. The molecule has 0 unspecified atom stereocenters. The molecule has 1 aliphatic rings. The Morgan fingerprint density at radius 2 is 1.87 bits per heavy atom. The van der Waals surface area contributed by atoms with Gasteiger partial charge in [-0.3, -0.25) is 4.79 Å². The van der Waals surface area contributed by atoms with Gasteiger partial charge in [0.15, 0.2) is 0 Å². The topological polar surface area (TPSA) is 93.7 Å². The van der Waals surface area contributed by atoms with E-state index in [1.165, 1.54) is 24.5 Å². The molecule has 1 aromatic carbocycles. The average Bonchev–Trinajstić information content (AvgIpc) is 2.70. The van der Waals surface area contributed by atoms with Gasteiger partial charge in [0.1, 0.15) is 23.2 Å². The van der Waals surface area contributed by atoms with E-state index in [2.05, 4.69) is 15.3 Å². The normalized spacial score (nSPS) is 14.8. The average molecular weight is 430 g/mol. The lowest BCUT2D eigenvalue weighted by atomic mass is 10.1. The van der Waals surface area contributed by atoms with Gasteiger partial charge < -0.3 is 19.7 Å². The first-order chi connectivity index (χ1) is 14.6. The molecule has 3 rings (SSSR count). The summed E-state index contributed by atoms with van der Waals surface area (Å²) in [7, 11) is 0. The molecule has 2 amide bonds. The minimum Gasteiger partial charge on any atom is -0.473 e. The van der Waals surface area contributed by atoms with Gasteiger partial charge in [-0.15, -0.1) is 0 Å². The molecule has 0 bridgehead atoms. The van der Waals surface area contributed by atoms with Crippen LogP contribution in [0.15, 0.2) is 30.6 Å². The second kappa shape index (κ2) is 9.28. The van der Waals surface area contributed by atoms with E-state index >= 15 is 0 Å². The summed E-state index contributed by atoms with van der Waals surface area (Å²) >= 11 is 0. The number of amides is 2. The lowest BCUT2D eigenvalue weighted by Gasteiger charge is -2.33. The Hall–Kier alpha value is -3.23. The largest absolute Gasteiger partial charge is 0.473 e. The third kappa shape index (κ3) is 6.37. The molecule has 1 N–H and O–H groups in total. The van der Waals surface area contributed by atoms with Crippen LogP contribution in [0.3, 0.4) is 0 Å². The van der Waals surface area contributed by atoms with Crippen molar-refractivity contribution in [2.75, 3.05) is 18.4 Å². The number of rotatable bonds is 4. The molecular formula is C22H27FN4O4. The maximum atomic E-state index is 13.9. The summed E-state index contributed by atoms with van der Waals surface area (Å²) in [5, 5.41) is 2.48. The van der Waals surface area contributed by atoms with Gasteiger partial charge in [-0.05, 0) is 45.4 Å². The molecule has 8 nitrogen and oxygen atoms in total. The Morgan fingerprint density at radius 3 is 2.45 bits per heavy atom. The first-order valence-corrected chi connectivity index (χ1v) is 10.1. The van der Waals surface area contributed by atoms with E-state index < -0.39 is 17.3 Å². The molecule has 9 heteroatoms. The van der Waals surface area contributed by atoms with E-state index in [9.17, 15) is 14.0 Å². The number of likely N-dealkylation sites (tertiary alicyclic amines) is 1. The standard InChI is InChI=1S/C22H27FN4O4/c1-14-5-6-17(16(23)11-14)26-20(28)18-12-25-19(13-24-18)30-15-7-9-27(10-8-15)21(29)31-22(2,3)4/h5-6,11-13,15H,7-10H2,1-4H3,(H,26,28). The number of piperidine rings is 1. The fourth-order valence-electron chi connectivity index (χ4n) is 3.06. The van der Waals surface area contributed by atoms with Crippen LogP contribution >= 0.6 is 0 Å². The Balaban J connectivity index is 1.51. The third-order valence-corrected chi connectivity index (χ3v) is 4.61. The summed E-state index contributed by atoms with van der Waals surface area (Å²) in [5.41, 5.74) is 0.356. The summed E-state index contributed by atoms with van der Waals surface area (Å²) < 4.78 is 25.1. The van der Waals surface area contributed by atoms with Crippen molar-refractivity contribution in [3.63, 3.8) is 0 Å². The number of hydrogen-bond acceptors (Lipinski definition) is 6. The van der Waals surface area contributed by atoms with Crippen LogP contribution in [-0.2, 0) is 4.74 Å². The van der Waals surface area contributed by atoms with Gasteiger partial charge in [0.25, 0.3) is 5.91 Å². The van der Waals surface area contributed by atoms with Crippen molar-refractivity contribution in [1.29, 1.82) is 0 Å². The zero-order valence-corrected chi connectivity index (χ0v) is 18.1. The second-order valence-electron chi connectivity index (χ2n) is 8.46. The van der Waals surface area contributed by atoms with Crippen molar-refractivity contribution in [1.82, 2.24) is 14.9 Å². The number of hydrogen-bond donors (Lipinski definition) is 1. The summed E-state index contributed by atoms with van der Waals surface area (Å²) in [5.74, 6) is -0.791. The van der Waals surface area contributed by atoms with Crippen LogP contribution in [0, 0.1) is 12.7 Å². The van der Waals surface area contributed by atoms with E-state index in [4.69, 9.17) is 9.47 Å². The maximum absolute atomic E-state index is 13.9. The van der Waals surface area contributed by atoms with Gasteiger partial charge in [0.05, 0.1) is 18.1 Å². The first kappa shape index (κ1) is 22.5. The Bertz CT molecular complexity index is 936. The van der Waals surface area contributed by atoms with E-state index in [0.29, 0.717) is 25.9 Å². The molecule has 0 spiro atoms. The number of benzene rings is 1. The van der Waals surface area contributed by atoms with Crippen LogP contribution in [0.25, 0.3) is 0 Å². The highest BCUT2D eigenvalue weighted by Gasteiger charge is 2.28. The molecule has 1 aromatic heterocycles. The van der Waals surface area contributed by atoms with Crippen molar-refractivity contribution in [2.24, 2.45) is 0 Å². The SMILES string of the molecule is Cc1ccc(NC(=O)c2cnc(OC3CCN(C(=O)OC(C)(C)C)CC3)cn2)c(F)c1. The minimum atomic E-state index is -0.563. The van der Waals surface area contributed by atoms with Gasteiger partial charge in [-0.2, -0.15) is 0 Å². The summed E-state index contributed by atoms with van der Waals surface area (Å²) in [4.78, 5) is 34.3. The molecule has 1 saturated heterocycles. The highest BCUT2D eigenvalue weighted by atomic mass is 19.1. The number of aromatic nitrogens is 2. The second-order valence-corrected chi connectivity index (χ2v) is 8.46. The summed E-state index contributed by atoms with van der Waals surface area (Å²) in [6.45, 7) is 8.31. The fourth-order valence-corrected chi connectivity index (χ4v) is 3.06. The zero-order valence-electron chi connectivity index (χ0n) is 18.1.